The topological polar surface area (TPSA) is 23.6 Å². The predicted molar refractivity (Wildman–Crippen MR) is 112 cm³/mol. The Morgan fingerprint density at radius 3 is 1.54 bits per heavy atom. The van der Waals surface area contributed by atoms with Crippen LogP contribution in [0.3, 0.4) is 0 Å². The third-order valence-electron chi connectivity index (χ3n) is 5.48. The zero-order valence-corrected chi connectivity index (χ0v) is 16.0. The average Bonchev–Trinajstić information content (AvgIpc) is 3.20. The van der Waals surface area contributed by atoms with Gasteiger partial charge in [-0.25, -0.2) is 0 Å². The first-order chi connectivity index (χ1) is 13.8. The molecule has 4 rings (SSSR count). The maximum absolute atomic E-state index is 11.7. The Balaban J connectivity index is 2.03. The summed E-state index contributed by atoms with van der Waals surface area (Å²) in [4.78, 5) is 16.1. The van der Waals surface area contributed by atoms with Gasteiger partial charge in [0.1, 0.15) is 5.54 Å². The lowest BCUT2D eigenvalue weighted by Gasteiger charge is -2.44. The third kappa shape index (κ3) is 2.89. The Bertz CT molecular complexity index is 855. The van der Waals surface area contributed by atoms with E-state index in [2.05, 4.69) is 89.5 Å². The maximum Gasteiger partial charge on any atom is 0.167 e. The van der Waals surface area contributed by atoms with Crippen molar-refractivity contribution in [2.24, 2.45) is 0 Å². The minimum absolute atomic E-state index is 0.526. The van der Waals surface area contributed by atoms with E-state index in [0.717, 1.165) is 18.5 Å². The summed E-state index contributed by atoms with van der Waals surface area (Å²) in [5, 5.41) is 0. The highest BCUT2D eigenvalue weighted by Crippen LogP contribution is 2.44. The molecule has 1 heterocycles. The number of benzene rings is 3. The summed E-state index contributed by atoms with van der Waals surface area (Å²) in [5.41, 5.74) is 3.71. The molecule has 0 unspecified atom stereocenters. The Kier molecular flexibility index (Phi) is 4.98. The summed E-state index contributed by atoms with van der Waals surface area (Å²) in [6.45, 7) is 3.52. The smallest absolute Gasteiger partial charge is 0.167 e. The molecule has 0 aromatic heterocycles. The molecule has 3 heteroatoms. The van der Waals surface area contributed by atoms with Crippen molar-refractivity contribution in [1.82, 2.24) is 9.80 Å². The van der Waals surface area contributed by atoms with Crippen LogP contribution in [0.5, 0.6) is 0 Å². The van der Waals surface area contributed by atoms with Crippen molar-refractivity contribution in [3.05, 3.63) is 120 Å². The quantitative estimate of drug-likeness (QED) is 0.469. The molecule has 1 aliphatic rings. The second kappa shape index (κ2) is 7.73. The first-order valence-corrected chi connectivity index (χ1v) is 9.66. The fraction of sp³-hybridized carbons (Fsp3) is 0.160. The lowest BCUT2D eigenvalue weighted by atomic mass is 9.76. The molecular formula is C25H24N2O. The summed E-state index contributed by atoms with van der Waals surface area (Å²) in [6, 6.07) is 31.6. The van der Waals surface area contributed by atoms with E-state index in [1.54, 1.807) is 0 Å². The van der Waals surface area contributed by atoms with Crippen molar-refractivity contribution in [2.45, 2.75) is 12.5 Å². The van der Waals surface area contributed by atoms with Gasteiger partial charge in [-0.1, -0.05) is 91.0 Å². The second-order valence-corrected chi connectivity index (χ2v) is 6.95. The molecule has 0 amide bonds. The Morgan fingerprint density at radius 1 is 0.786 bits per heavy atom. The molecule has 0 radical (unpaired) electrons. The fourth-order valence-electron chi connectivity index (χ4n) is 4.17. The van der Waals surface area contributed by atoms with Gasteiger partial charge in [-0.15, -0.1) is 0 Å². The minimum Gasteiger partial charge on any atom is -0.350 e. The average molecular weight is 368 g/mol. The molecular weight excluding hydrogens is 344 g/mol. The molecule has 1 aliphatic heterocycles. The number of hydrogen-bond donors (Lipinski definition) is 0. The van der Waals surface area contributed by atoms with Crippen LogP contribution in [-0.4, -0.2) is 29.3 Å². The van der Waals surface area contributed by atoms with Gasteiger partial charge in [0.15, 0.2) is 6.29 Å². The Labute approximate surface area is 166 Å². The summed E-state index contributed by atoms with van der Waals surface area (Å²) in [7, 11) is 0. The lowest BCUT2D eigenvalue weighted by molar-refractivity contribution is -0.106. The Morgan fingerprint density at radius 2 is 1.21 bits per heavy atom. The summed E-state index contributed by atoms with van der Waals surface area (Å²) in [6.07, 6.45) is 2.96. The highest BCUT2D eigenvalue weighted by molar-refractivity contribution is 5.73. The molecule has 3 nitrogen and oxygen atoms in total. The molecule has 0 fully saturated rings. The van der Waals surface area contributed by atoms with Gasteiger partial charge in [0.25, 0.3) is 0 Å². The highest BCUT2D eigenvalue weighted by Gasteiger charge is 2.43. The molecule has 0 aliphatic carbocycles. The van der Waals surface area contributed by atoms with E-state index >= 15 is 0 Å². The molecule has 0 atom stereocenters. The number of rotatable bonds is 6. The summed E-state index contributed by atoms with van der Waals surface area (Å²) < 4.78 is 0. The van der Waals surface area contributed by atoms with E-state index in [-0.39, 0.29) is 0 Å². The van der Waals surface area contributed by atoms with Crippen LogP contribution < -0.4 is 0 Å². The van der Waals surface area contributed by atoms with Crippen molar-refractivity contribution in [3.63, 3.8) is 0 Å². The second-order valence-electron chi connectivity index (χ2n) is 6.95. The molecule has 0 spiro atoms. The van der Waals surface area contributed by atoms with Crippen molar-refractivity contribution in [3.8, 4) is 0 Å². The van der Waals surface area contributed by atoms with Gasteiger partial charge in [0.05, 0.1) is 12.4 Å². The fourth-order valence-corrected chi connectivity index (χ4v) is 4.17. The van der Waals surface area contributed by atoms with Crippen molar-refractivity contribution in [2.75, 3.05) is 13.2 Å². The van der Waals surface area contributed by atoms with Crippen LogP contribution in [0, 0.1) is 0 Å². The highest BCUT2D eigenvalue weighted by atomic mass is 16.1. The van der Waals surface area contributed by atoms with Gasteiger partial charge < -0.3 is 9.80 Å². The zero-order valence-electron chi connectivity index (χ0n) is 16.0. The standard InChI is InChI=1S/C25H24N2O/c1-2-26-20-27(18-24(26)19-28)25(21-12-6-3-7-13-21,22-14-8-4-9-15-22)23-16-10-5-11-17-23/h3-19H,2,20H2,1H3. The first-order valence-electron chi connectivity index (χ1n) is 9.66. The van der Waals surface area contributed by atoms with E-state index in [1.165, 1.54) is 16.7 Å². The SMILES string of the molecule is CCN1CN(C(c2ccccc2)(c2ccccc2)c2ccccc2)C=C1C=O. The van der Waals surface area contributed by atoms with Crippen LogP contribution in [0.2, 0.25) is 0 Å². The number of aldehydes is 1. The van der Waals surface area contributed by atoms with Crippen LogP contribution >= 0.6 is 0 Å². The number of likely N-dealkylation sites (N-methyl/N-ethyl adjacent to an activating group) is 1. The van der Waals surface area contributed by atoms with Crippen LogP contribution in [-0.2, 0) is 10.3 Å². The van der Waals surface area contributed by atoms with Crippen molar-refractivity contribution < 1.29 is 4.79 Å². The minimum atomic E-state index is -0.526. The van der Waals surface area contributed by atoms with Gasteiger partial charge in [0, 0.05) is 12.7 Å². The molecule has 0 N–H and O–H groups in total. The largest absolute Gasteiger partial charge is 0.350 e. The van der Waals surface area contributed by atoms with Crippen LogP contribution in [0.25, 0.3) is 0 Å². The van der Waals surface area contributed by atoms with Crippen LogP contribution in [0.15, 0.2) is 103 Å². The van der Waals surface area contributed by atoms with Crippen molar-refractivity contribution in [1.29, 1.82) is 0 Å². The molecule has 28 heavy (non-hydrogen) atoms. The van der Waals surface area contributed by atoms with Gasteiger partial charge in [-0.2, -0.15) is 0 Å². The normalized spacial score (nSPS) is 14.1. The monoisotopic (exact) mass is 368 g/mol. The molecule has 3 aromatic rings. The number of hydrogen-bond acceptors (Lipinski definition) is 3. The number of nitrogens with zero attached hydrogens (tertiary/aromatic N) is 2. The van der Waals surface area contributed by atoms with Crippen LogP contribution in [0.4, 0.5) is 0 Å². The van der Waals surface area contributed by atoms with Crippen molar-refractivity contribution >= 4 is 6.29 Å². The molecule has 140 valence electrons. The van der Waals surface area contributed by atoms with E-state index < -0.39 is 5.54 Å². The molecule has 3 aromatic carbocycles. The number of allylic oxidation sites excluding steroid dienone is 1. The van der Waals surface area contributed by atoms with Gasteiger partial charge in [0.2, 0.25) is 0 Å². The third-order valence-corrected chi connectivity index (χ3v) is 5.48. The first kappa shape index (κ1) is 18.1. The Hall–Kier alpha value is -3.33. The molecule has 0 saturated carbocycles. The van der Waals surface area contributed by atoms with Crippen LogP contribution in [0.1, 0.15) is 23.6 Å². The van der Waals surface area contributed by atoms with Gasteiger partial charge in [-0.05, 0) is 23.6 Å². The van der Waals surface area contributed by atoms with E-state index in [4.69, 9.17) is 0 Å². The van der Waals surface area contributed by atoms with Gasteiger partial charge >= 0.3 is 0 Å². The van der Waals surface area contributed by atoms with Gasteiger partial charge in [-0.3, -0.25) is 4.79 Å². The lowest BCUT2D eigenvalue weighted by Crippen LogP contribution is -2.46. The predicted octanol–water partition coefficient (Wildman–Crippen LogP) is 4.61. The summed E-state index contributed by atoms with van der Waals surface area (Å²) >= 11 is 0. The maximum atomic E-state index is 11.7. The van der Waals surface area contributed by atoms with E-state index in [1.807, 2.05) is 24.4 Å². The van der Waals surface area contributed by atoms with E-state index in [9.17, 15) is 4.79 Å². The zero-order chi connectivity index (χ0) is 19.4. The summed E-state index contributed by atoms with van der Waals surface area (Å²) in [5.74, 6) is 0. The number of carbonyl (C=O) groups is 1. The van der Waals surface area contributed by atoms with E-state index in [0.29, 0.717) is 6.67 Å². The molecule has 0 saturated heterocycles. The number of carbonyl (C=O) groups excluding carboxylic acids is 1. The molecule has 0 bridgehead atoms.